The van der Waals surface area contributed by atoms with Gasteiger partial charge in [0.2, 0.25) is 0 Å². The number of carbonyl (C=O) groups is 1. The fourth-order valence-corrected chi connectivity index (χ4v) is 3.54. The molecule has 2 aromatic rings. The van der Waals surface area contributed by atoms with E-state index in [1.807, 2.05) is 13.8 Å². The lowest BCUT2D eigenvalue weighted by Gasteiger charge is -2.14. The zero-order valence-corrected chi connectivity index (χ0v) is 16.8. The van der Waals surface area contributed by atoms with Gasteiger partial charge in [-0.25, -0.2) is 8.42 Å². The number of ether oxygens (including phenoxy) is 1. The SMILES string of the molecule is C=C(NS(=O)(=O)c1ccc(C(=O)NC(C)C)cc1)c1cc(Cl)ccc1OC. The molecule has 0 aliphatic carbocycles. The lowest BCUT2D eigenvalue weighted by Crippen LogP contribution is -2.30. The summed E-state index contributed by atoms with van der Waals surface area (Å²) in [4.78, 5) is 12.0. The van der Waals surface area contributed by atoms with Crippen molar-refractivity contribution in [3.05, 3.63) is 65.2 Å². The molecule has 0 unspecified atom stereocenters. The third kappa shape index (κ3) is 5.24. The van der Waals surface area contributed by atoms with Crippen molar-refractivity contribution in [1.82, 2.24) is 10.0 Å². The Hall–Kier alpha value is -2.51. The first-order valence-electron chi connectivity index (χ1n) is 8.10. The molecule has 0 heterocycles. The molecule has 0 radical (unpaired) electrons. The second kappa shape index (κ2) is 8.45. The number of carbonyl (C=O) groups excluding carboxylic acids is 1. The summed E-state index contributed by atoms with van der Waals surface area (Å²) in [7, 11) is -2.42. The van der Waals surface area contributed by atoms with Crippen LogP contribution in [0.2, 0.25) is 5.02 Å². The number of methoxy groups -OCH3 is 1. The molecule has 0 aliphatic heterocycles. The summed E-state index contributed by atoms with van der Waals surface area (Å²) in [6, 6.07) is 10.4. The van der Waals surface area contributed by atoms with E-state index in [2.05, 4.69) is 16.6 Å². The minimum atomic E-state index is -3.89. The molecule has 2 rings (SSSR count). The number of halogens is 1. The van der Waals surface area contributed by atoms with Crippen molar-refractivity contribution in [2.45, 2.75) is 24.8 Å². The van der Waals surface area contributed by atoms with Gasteiger partial charge >= 0.3 is 0 Å². The van der Waals surface area contributed by atoms with Crippen molar-refractivity contribution in [3.8, 4) is 5.75 Å². The van der Waals surface area contributed by atoms with E-state index in [0.29, 0.717) is 21.9 Å². The fourth-order valence-electron chi connectivity index (χ4n) is 2.32. The quantitative estimate of drug-likeness (QED) is 0.735. The van der Waals surface area contributed by atoms with Gasteiger partial charge in [-0.1, -0.05) is 18.2 Å². The fraction of sp³-hybridized carbons (Fsp3) is 0.211. The smallest absolute Gasteiger partial charge is 0.261 e. The Morgan fingerprint density at radius 1 is 1.15 bits per heavy atom. The molecule has 27 heavy (non-hydrogen) atoms. The number of sulfonamides is 1. The number of hydrogen-bond donors (Lipinski definition) is 2. The molecular formula is C19H21ClN2O4S. The van der Waals surface area contributed by atoms with Crippen LogP contribution >= 0.6 is 11.6 Å². The molecule has 1 amide bonds. The Balaban J connectivity index is 2.23. The van der Waals surface area contributed by atoms with Crippen LogP contribution in [0.25, 0.3) is 5.70 Å². The summed E-state index contributed by atoms with van der Waals surface area (Å²) in [6.45, 7) is 7.46. The molecule has 8 heteroatoms. The van der Waals surface area contributed by atoms with Gasteiger partial charge in [0, 0.05) is 22.2 Å². The van der Waals surface area contributed by atoms with Crippen LogP contribution in [-0.2, 0) is 10.0 Å². The average Bonchev–Trinajstić information content (AvgIpc) is 2.60. The Kier molecular flexibility index (Phi) is 6.51. The highest BCUT2D eigenvalue weighted by Gasteiger charge is 2.18. The van der Waals surface area contributed by atoms with Crippen molar-refractivity contribution in [1.29, 1.82) is 0 Å². The van der Waals surface area contributed by atoms with Crippen molar-refractivity contribution >= 4 is 33.2 Å². The Morgan fingerprint density at radius 2 is 1.78 bits per heavy atom. The van der Waals surface area contributed by atoms with E-state index >= 15 is 0 Å². The lowest BCUT2D eigenvalue weighted by molar-refractivity contribution is 0.0943. The number of rotatable bonds is 7. The van der Waals surface area contributed by atoms with E-state index in [0.717, 1.165) is 0 Å². The second-order valence-corrected chi connectivity index (χ2v) is 8.20. The van der Waals surface area contributed by atoms with Crippen molar-refractivity contribution < 1.29 is 17.9 Å². The van der Waals surface area contributed by atoms with Crippen LogP contribution in [0.15, 0.2) is 53.9 Å². The standard InChI is InChI=1S/C19H21ClN2O4S/c1-12(2)21-19(23)14-5-8-16(9-6-14)27(24,25)22-13(3)17-11-15(20)7-10-18(17)26-4/h5-12,22H,3H2,1-2,4H3,(H,21,23). The highest BCUT2D eigenvalue weighted by Crippen LogP contribution is 2.28. The summed E-state index contributed by atoms with van der Waals surface area (Å²) in [5, 5.41) is 3.17. The molecular weight excluding hydrogens is 388 g/mol. The number of nitrogens with one attached hydrogen (secondary N) is 2. The van der Waals surface area contributed by atoms with Crippen LogP contribution < -0.4 is 14.8 Å². The van der Waals surface area contributed by atoms with Crippen LogP contribution in [0, 0.1) is 0 Å². The zero-order chi connectivity index (χ0) is 20.2. The molecule has 6 nitrogen and oxygen atoms in total. The van der Waals surface area contributed by atoms with Gasteiger partial charge in [0.15, 0.2) is 0 Å². The summed E-state index contributed by atoms with van der Waals surface area (Å²) in [5.74, 6) is 0.169. The highest BCUT2D eigenvalue weighted by atomic mass is 35.5. The first-order valence-corrected chi connectivity index (χ1v) is 9.96. The number of amides is 1. The van der Waals surface area contributed by atoms with Gasteiger partial charge in [0.1, 0.15) is 5.75 Å². The van der Waals surface area contributed by atoms with E-state index in [4.69, 9.17) is 16.3 Å². The maximum absolute atomic E-state index is 12.6. The van der Waals surface area contributed by atoms with Gasteiger partial charge in [0.05, 0.1) is 17.7 Å². The predicted molar refractivity (Wildman–Crippen MR) is 106 cm³/mol. The molecule has 0 saturated heterocycles. The summed E-state index contributed by atoms with van der Waals surface area (Å²) < 4.78 is 32.9. The maximum Gasteiger partial charge on any atom is 0.261 e. The largest absolute Gasteiger partial charge is 0.496 e. The summed E-state index contributed by atoms with van der Waals surface area (Å²) in [5.41, 5.74) is 0.926. The van der Waals surface area contributed by atoms with Crippen LogP contribution in [0.3, 0.4) is 0 Å². The molecule has 2 aromatic carbocycles. The summed E-state index contributed by atoms with van der Waals surface area (Å²) in [6.07, 6.45) is 0. The van der Waals surface area contributed by atoms with Gasteiger partial charge in [-0.05, 0) is 56.3 Å². The van der Waals surface area contributed by atoms with E-state index in [1.165, 1.54) is 31.4 Å². The van der Waals surface area contributed by atoms with Crippen LogP contribution in [-0.4, -0.2) is 27.5 Å². The Labute approximate surface area is 164 Å². The lowest BCUT2D eigenvalue weighted by atomic mass is 10.1. The molecule has 0 spiro atoms. The first-order chi connectivity index (χ1) is 12.6. The first kappa shape index (κ1) is 20.8. The zero-order valence-electron chi connectivity index (χ0n) is 15.2. The molecule has 0 fully saturated rings. The molecule has 0 saturated carbocycles. The molecule has 144 valence electrons. The normalized spacial score (nSPS) is 11.1. The predicted octanol–water partition coefficient (Wildman–Crippen LogP) is 3.44. The topological polar surface area (TPSA) is 84.5 Å². The summed E-state index contributed by atoms with van der Waals surface area (Å²) >= 11 is 5.98. The average molecular weight is 409 g/mol. The van der Waals surface area contributed by atoms with Gasteiger partial charge < -0.3 is 10.1 Å². The van der Waals surface area contributed by atoms with E-state index in [1.54, 1.807) is 18.2 Å². The molecule has 0 aliphatic rings. The van der Waals surface area contributed by atoms with E-state index in [9.17, 15) is 13.2 Å². The van der Waals surface area contributed by atoms with Gasteiger partial charge in [-0.3, -0.25) is 9.52 Å². The van der Waals surface area contributed by atoms with Crippen LogP contribution in [0.1, 0.15) is 29.8 Å². The van der Waals surface area contributed by atoms with Crippen LogP contribution in [0.4, 0.5) is 0 Å². The van der Waals surface area contributed by atoms with Gasteiger partial charge in [0.25, 0.3) is 15.9 Å². The third-order valence-electron chi connectivity index (χ3n) is 3.59. The van der Waals surface area contributed by atoms with Crippen molar-refractivity contribution in [2.24, 2.45) is 0 Å². The monoisotopic (exact) mass is 408 g/mol. The van der Waals surface area contributed by atoms with Crippen LogP contribution in [0.5, 0.6) is 5.75 Å². The van der Waals surface area contributed by atoms with E-state index in [-0.39, 0.29) is 22.5 Å². The highest BCUT2D eigenvalue weighted by molar-refractivity contribution is 7.89. The molecule has 0 aromatic heterocycles. The van der Waals surface area contributed by atoms with Gasteiger partial charge in [-0.2, -0.15) is 0 Å². The minimum Gasteiger partial charge on any atom is -0.496 e. The van der Waals surface area contributed by atoms with E-state index < -0.39 is 10.0 Å². The molecule has 2 N–H and O–H groups in total. The number of hydrogen-bond acceptors (Lipinski definition) is 4. The molecule has 0 atom stereocenters. The maximum atomic E-state index is 12.6. The van der Waals surface area contributed by atoms with Gasteiger partial charge in [-0.15, -0.1) is 0 Å². The molecule has 0 bridgehead atoms. The minimum absolute atomic E-state index is 0.00532. The Morgan fingerprint density at radius 3 is 2.33 bits per heavy atom. The second-order valence-electron chi connectivity index (χ2n) is 6.08. The Bertz CT molecular complexity index is 954. The number of benzene rings is 2. The van der Waals surface area contributed by atoms with Crippen molar-refractivity contribution in [3.63, 3.8) is 0 Å². The third-order valence-corrected chi connectivity index (χ3v) is 5.23. The van der Waals surface area contributed by atoms with Crippen molar-refractivity contribution in [2.75, 3.05) is 7.11 Å².